The van der Waals surface area contributed by atoms with Crippen molar-refractivity contribution < 1.29 is 17.9 Å². The van der Waals surface area contributed by atoms with Crippen LogP contribution in [0.4, 0.5) is 0 Å². The van der Waals surface area contributed by atoms with Crippen molar-refractivity contribution in [3.05, 3.63) is 54.6 Å². The van der Waals surface area contributed by atoms with E-state index in [2.05, 4.69) is 17.9 Å². The van der Waals surface area contributed by atoms with Crippen LogP contribution in [0.25, 0.3) is 0 Å². The molecule has 0 heterocycles. The number of aryl methyl sites for hydroxylation is 1. The largest absolute Gasteiger partial charge is 0.465 e. The molecule has 114 valence electrons. The minimum absolute atomic E-state index is 0.0779. The molecule has 0 unspecified atom stereocenters. The Morgan fingerprint density at radius 3 is 2.33 bits per heavy atom. The third-order valence-corrected chi connectivity index (χ3v) is 4.87. The summed E-state index contributed by atoms with van der Waals surface area (Å²) in [5.41, 5.74) is 0.750. The van der Waals surface area contributed by atoms with Gasteiger partial charge in [0.2, 0.25) is 10.0 Å². The Morgan fingerprint density at radius 2 is 1.86 bits per heavy atom. The van der Waals surface area contributed by atoms with Crippen molar-refractivity contribution in [2.45, 2.75) is 11.8 Å². The fraction of sp³-hybridized carbons (Fsp3) is 0.267. The number of benzene rings is 1. The van der Waals surface area contributed by atoms with Crippen LogP contribution in [0, 0.1) is 6.92 Å². The Hall–Kier alpha value is -1.92. The quantitative estimate of drug-likeness (QED) is 0.572. The molecule has 0 radical (unpaired) electrons. The Balaban J connectivity index is 3.38. The minimum Gasteiger partial charge on any atom is -0.465 e. The molecule has 1 rings (SSSR count). The molecule has 0 bridgehead atoms. The Labute approximate surface area is 125 Å². The predicted octanol–water partition coefficient (Wildman–Crippen LogP) is 2.14. The van der Waals surface area contributed by atoms with E-state index in [-0.39, 0.29) is 23.5 Å². The molecule has 0 saturated heterocycles. The van der Waals surface area contributed by atoms with Gasteiger partial charge < -0.3 is 4.74 Å². The number of esters is 1. The summed E-state index contributed by atoms with van der Waals surface area (Å²) >= 11 is 0. The predicted molar refractivity (Wildman–Crippen MR) is 81.7 cm³/mol. The van der Waals surface area contributed by atoms with E-state index in [1.165, 1.54) is 35.7 Å². The molecule has 0 amide bonds. The molecule has 0 N–H and O–H groups in total. The summed E-state index contributed by atoms with van der Waals surface area (Å²) in [5, 5.41) is 0. The number of sulfonamides is 1. The van der Waals surface area contributed by atoms with Crippen molar-refractivity contribution in [1.82, 2.24) is 4.31 Å². The summed E-state index contributed by atoms with van der Waals surface area (Å²) < 4.78 is 31.2. The van der Waals surface area contributed by atoms with Crippen molar-refractivity contribution in [2.24, 2.45) is 0 Å². The van der Waals surface area contributed by atoms with E-state index >= 15 is 0 Å². The first-order chi connectivity index (χ1) is 9.88. The van der Waals surface area contributed by atoms with Gasteiger partial charge in [-0.05, 0) is 24.6 Å². The maximum atomic E-state index is 12.7. The summed E-state index contributed by atoms with van der Waals surface area (Å²) in [7, 11) is -2.49. The highest BCUT2D eigenvalue weighted by atomic mass is 32.2. The Morgan fingerprint density at radius 1 is 1.29 bits per heavy atom. The summed E-state index contributed by atoms with van der Waals surface area (Å²) in [6, 6.07) is 4.44. The van der Waals surface area contributed by atoms with Crippen LogP contribution in [0.1, 0.15) is 15.9 Å². The second-order valence-electron chi connectivity index (χ2n) is 4.37. The van der Waals surface area contributed by atoms with Crippen LogP contribution >= 0.6 is 0 Å². The molecule has 0 fully saturated rings. The summed E-state index contributed by atoms with van der Waals surface area (Å²) in [5.74, 6) is -0.578. The van der Waals surface area contributed by atoms with Gasteiger partial charge in [0.15, 0.2) is 0 Å². The van der Waals surface area contributed by atoms with Gasteiger partial charge in [0.25, 0.3) is 0 Å². The second-order valence-corrected chi connectivity index (χ2v) is 6.28. The molecule has 6 heteroatoms. The van der Waals surface area contributed by atoms with Crippen LogP contribution in [-0.2, 0) is 14.8 Å². The fourth-order valence-corrected chi connectivity index (χ4v) is 3.45. The maximum absolute atomic E-state index is 12.7. The van der Waals surface area contributed by atoms with E-state index in [0.29, 0.717) is 5.56 Å². The van der Waals surface area contributed by atoms with E-state index in [4.69, 9.17) is 0 Å². The first kappa shape index (κ1) is 17.1. The van der Waals surface area contributed by atoms with Crippen LogP contribution in [0.3, 0.4) is 0 Å². The average Bonchev–Trinajstić information content (AvgIpc) is 2.46. The number of rotatable bonds is 7. The van der Waals surface area contributed by atoms with Crippen LogP contribution in [0.5, 0.6) is 0 Å². The van der Waals surface area contributed by atoms with Crippen LogP contribution in [0.15, 0.2) is 48.4 Å². The van der Waals surface area contributed by atoms with E-state index in [1.54, 1.807) is 13.0 Å². The van der Waals surface area contributed by atoms with E-state index in [0.717, 1.165) is 0 Å². The van der Waals surface area contributed by atoms with Gasteiger partial charge in [-0.3, -0.25) is 0 Å². The first-order valence-electron chi connectivity index (χ1n) is 6.29. The zero-order valence-corrected chi connectivity index (χ0v) is 13.0. The van der Waals surface area contributed by atoms with Gasteiger partial charge in [-0.25, -0.2) is 13.2 Å². The second kappa shape index (κ2) is 7.19. The Kier molecular flexibility index (Phi) is 5.87. The molecular formula is C15H19NO4S. The monoisotopic (exact) mass is 309 g/mol. The van der Waals surface area contributed by atoms with Gasteiger partial charge in [-0.15, -0.1) is 13.2 Å². The maximum Gasteiger partial charge on any atom is 0.337 e. The summed E-state index contributed by atoms with van der Waals surface area (Å²) in [4.78, 5) is 11.6. The van der Waals surface area contributed by atoms with Crippen LogP contribution in [0.2, 0.25) is 0 Å². The minimum atomic E-state index is -3.74. The lowest BCUT2D eigenvalue weighted by atomic mass is 10.1. The van der Waals surface area contributed by atoms with Crippen molar-refractivity contribution in [3.63, 3.8) is 0 Å². The van der Waals surface area contributed by atoms with Crippen molar-refractivity contribution >= 4 is 16.0 Å². The zero-order valence-electron chi connectivity index (χ0n) is 12.2. The third kappa shape index (κ3) is 3.80. The number of carbonyl (C=O) groups is 1. The molecule has 1 aromatic rings. The smallest absolute Gasteiger partial charge is 0.337 e. The number of carbonyl (C=O) groups excluding carboxylic acids is 1. The highest BCUT2D eigenvalue weighted by Gasteiger charge is 2.25. The molecule has 0 aliphatic carbocycles. The normalized spacial score (nSPS) is 11.2. The number of methoxy groups -OCH3 is 1. The molecule has 0 atom stereocenters. The van der Waals surface area contributed by atoms with Gasteiger partial charge in [0, 0.05) is 13.1 Å². The first-order valence-corrected chi connectivity index (χ1v) is 7.73. The van der Waals surface area contributed by atoms with Gasteiger partial charge >= 0.3 is 5.97 Å². The van der Waals surface area contributed by atoms with E-state index in [1.807, 2.05) is 0 Å². The summed E-state index contributed by atoms with van der Waals surface area (Å²) in [6.45, 7) is 9.11. The highest BCUT2D eigenvalue weighted by molar-refractivity contribution is 7.89. The third-order valence-electron chi connectivity index (χ3n) is 2.89. The molecule has 0 aliphatic rings. The number of ether oxygens (including phenoxy) is 1. The lowest BCUT2D eigenvalue weighted by Crippen LogP contribution is -2.32. The molecular weight excluding hydrogens is 290 g/mol. The Bertz CT molecular complexity index is 640. The van der Waals surface area contributed by atoms with Crippen molar-refractivity contribution in [1.29, 1.82) is 0 Å². The van der Waals surface area contributed by atoms with E-state index < -0.39 is 16.0 Å². The molecule has 0 spiro atoms. The SMILES string of the molecule is C=CCN(CC=C)S(=O)(=O)c1cc(C(=O)OC)ccc1C. The standard InChI is InChI=1S/C15H19NO4S/c1-5-9-16(10-6-2)21(18,19)14-11-13(15(17)20-4)8-7-12(14)3/h5-8,11H,1-2,9-10H2,3-4H3. The number of hydrogen-bond acceptors (Lipinski definition) is 4. The lowest BCUT2D eigenvalue weighted by Gasteiger charge is -2.20. The van der Waals surface area contributed by atoms with Crippen molar-refractivity contribution in [2.75, 3.05) is 20.2 Å². The lowest BCUT2D eigenvalue weighted by molar-refractivity contribution is 0.0600. The molecule has 0 aromatic heterocycles. The number of nitrogens with zero attached hydrogens (tertiary/aromatic N) is 1. The molecule has 0 aliphatic heterocycles. The van der Waals surface area contributed by atoms with Crippen LogP contribution < -0.4 is 0 Å². The molecule has 0 saturated carbocycles. The molecule has 1 aromatic carbocycles. The van der Waals surface area contributed by atoms with Gasteiger partial charge in [-0.1, -0.05) is 18.2 Å². The topological polar surface area (TPSA) is 63.7 Å². The average molecular weight is 309 g/mol. The zero-order chi connectivity index (χ0) is 16.0. The van der Waals surface area contributed by atoms with Gasteiger partial charge in [0.05, 0.1) is 17.6 Å². The number of hydrogen-bond donors (Lipinski definition) is 0. The fourth-order valence-electron chi connectivity index (χ4n) is 1.82. The summed E-state index contributed by atoms with van der Waals surface area (Å²) in [6.07, 6.45) is 3.00. The van der Waals surface area contributed by atoms with Gasteiger partial charge in [0.1, 0.15) is 0 Å². The molecule has 5 nitrogen and oxygen atoms in total. The van der Waals surface area contributed by atoms with Crippen LogP contribution in [-0.4, -0.2) is 38.9 Å². The molecule has 21 heavy (non-hydrogen) atoms. The van der Waals surface area contributed by atoms with Gasteiger partial charge in [-0.2, -0.15) is 4.31 Å². The van der Waals surface area contributed by atoms with E-state index in [9.17, 15) is 13.2 Å². The highest BCUT2D eigenvalue weighted by Crippen LogP contribution is 2.22. The van der Waals surface area contributed by atoms with Crippen molar-refractivity contribution in [3.8, 4) is 0 Å².